The molecule has 1 rings (SSSR count). The first-order valence-corrected chi connectivity index (χ1v) is 5.19. The number of thioether (sulfide) groups is 1. The maximum atomic E-state index is 3.83. The van der Waals surface area contributed by atoms with Gasteiger partial charge in [0.25, 0.3) is 0 Å². The van der Waals surface area contributed by atoms with E-state index in [2.05, 4.69) is 38.8 Å². The molecule has 0 bridgehead atoms. The van der Waals surface area contributed by atoms with E-state index in [1.165, 1.54) is 21.6 Å². The van der Waals surface area contributed by atoms with Crippen LogP contribution >= 0.6 is 11.8 Å². The largest absolute Gasteiger partial charge is 0.129 e. The van der Waals surface area contributed by atoms with Crippen LogP contribution in [0.3, 0.4) is 0 Å². The second kappa shape index (κ2) is 3.81. The molecule has 0 spiro atoms. The summed E-state index contributed by atoms with van der Waals surface area (Å²) >= 11 is 1.77. The average Bonchev–Trinajstić information content (AvgIpc) is 2.09. The molecular weight excluding hydrogens is 164 g/mol. The van der Waals surface area contributed by atoms with Crippen LogP contribution in [0.1, 0.15) is 16.7 Å². The lowest BCUT2D eigenvalue weighted by atomic mass is 10.0. The molecule has 1 heteroatoms. The van der Waals surface area contributed by atoms with Gasteiger partial charge in [-0.25, -0.2) is 0 Å². The topological polar surface area (TPSA) is 0 Å². The van der Waals surface area contributed by atoms with Crippen molar-refractivity contribution in [2.24, 2.45) is 0 Å². The third-order valence-corrected chi connectivity index (χ3v) is 2.97. The highest BCUT2D eigenvalue weighted by molar-refractivity contribution is 7.98. The summed E-state index contributed by atoms with van der Waals surface area (Å²) in [5.41, 5.74) is 3.96. The van der Waals surface area contributed by atoms with Crippen molar-refractivity contribution in [1.29, 1.82) is 0 Å². The zero-order valence-electron chi connectivity index (χ0n) is 7.85. The van der Waals surface area contributed by atoms with Gasteiger partial charge in [-0.1, -0.05) is 18.7 Å². The van der Waals surface area contributed by atoms with Crippen LogP contribution in [0.2, 0.25) is 0 Å². The summed E-state index contributed by atoms with van der Waals surface area (Å²) in [6.07, 6.45) is 4.03. The molecule has 0 saturated carbocycles. The van der Waals surface area contributed by atoms with Crippen LogP contribution in [-0.2, 0) is 0 Å². The van der Waals surface area contributed by atoms with Crippen LogP contribution in [0.5, 0.6) is 0 Å². The Hall–Kier alpha value is -0.690. The van der Waals surface area contributed by atoms with Crippen molar-refractivity contribution >= 4 is 17.8 Å². The Balaban J connectivity index is 3.35. The SMILES string of the molecule is C=Cc1c(SC)ccc(C)c1C. The van der Waals surface area contributed by atoms with Gasteiger partial charge in [0.05, 0.1) is 0 Å². The first-order valence-electron chi connectivity index (χ1n) is 3.97. The second-order valence-electron chi connectivity index (χ2n) is 2.83. The van der Waals surface area contributed by atoms with E-state index >= 15 is 0 Å². The molecule has 12 heavy (non-hydrogen) atoms. The Kier molecular flexibility index (Phi) is 2.99. The maximum Gasteiger partial charge on any atom is 0.0144 e. The number of aryl methyl sites for hydroxylation is 1. The third-order valence-electron chi connectivity index (χ3n) is 2.17. The molecule has 1 aromatic carbocycles. The van der Waals surface area contributed by atoms with E-state index < -0.39 is 0 Å². The van der Waals surface area contributed by atoms with Crippen molar-refractivity contribution < 1.29 is 0 Å². The monoisotopic (exact) mass is 178 g/mol. The van der Waals surface area contributed by atoms with E-state index in [0.29, 0.717) is 0 Å². The maximum absolute atomic E-state index is 3.83. The van der Waals surface area contributed by atoms with Crippen LogP contribution in [0.25, 0.3) is 6.08 Å². The van der Waals surface area contributed by atoms with Gasteiger partial charge in [-0.15, -0.1) is 11.8 Å². The zero-order chi connectivity index (χ0) is 9.14. The van der Waals surface area contributed by atoms with Crippen molar-refractivity contribution in [3.8, 4) is 0 Å². The molecule has 0 N–H and O–H groups in total. The zero-order valence-corrected chi connectivity index (χ0v) is 8.66. The van der Waals surface area contributed by atoms with Crippen LogP contribution in [-0.4, -0.2) is 6.26 Å². The molecule has 0 aliphatic heterocycles. The number of rotatable bonds is 2. The molecule has 0 unspecified atom stereocenters. The van der Waals surface area contributed by atoms with Gasteiger partial charge in [0.1, 0.15) is 0 Å². The summed E-state index contributed by atoms with van der Waals surface area (Å²) in [4.78, 5) is 1.31. The normalized spacial score (nSPS) is 9.92. The Bertz CT molecular complexity index is 300. The minimum Gasteiger partial charge on any atom is -0.129 e. The van der Waals surface area contributed by atoms with E-state index in [1.807, 2.05) is 6.08 Å². The number of hydrogen-bond donors (Lipinski definition) is 0. The summed E-state index contributed by atoms with van der Waals surface area (Å²) in [7, 11) is 0. The Morgan fingerprint density at radius 3 is 2.50 bits per heavy atom. The summed E-state index contributed by atoms with van der Waals surface area (Å²) in [5.74, 6) is 0. The fourth-order valence-corrected chi connectivity index (χ4v) is 1.90. The van der Waals surface area contributed by atoms with Crippen LogP contribution < -0.4 is 0 Å². The molecule has 0 aromatic heterocycles. The molecule has 0 heterocycles. The average molecular weight is 178 g/mol. The standard InChI is InChI=1S/C11H14S/c1-5-10-9(3)8(2)6-7-11(10)12-4/h5-7H,1H2,2-4H3. The summed E-state index contributed by atoms with van der Waals surface area (Å²) in [6.45, 7) is 8.10. The molecule has 0 saturated heterocycles. The highest BCUT2D eigenvalue weighted by Gasteiger charge is 2.02. The van der Waals surface area contributed by atoms with Crippen molar-refractivity contribution in [2.75, 3.05) is 6.26 Å². The van der Waals surface area contributed by atoms with Gasteiger partial charge in [0, 0.05) is 4.90 Å². The quantitative estimate of drug-likeness (QED) is 0.623. The molecule has 64 valence electrons. The molecule has 0 nitrogen and oxygen atoms in total. The Labute approximate surface area is 78.7 Å². The van der Waals surface area contributed by atoms with Crippen molar-refractivity contribution in [3.63, 3.8) is 0 Å². The molecule has 0 radical (unpaired) electrons. The lowest BCUT2D eigenvalue weighted by Gasteiger charge is -2.08. The fourth-order valence-electron chi connectivity index (χ4n) is 1.24. The fraction of sp³-hybridized carbons (Fsp3) is 0.273. The lowest BCUT2D eigenvalue weighted by molar-refractivity contribution is 1.26. The highest BCUT2D eigenvalue weighted by atomic mass is 32.2. The van der Waals surface area contributed by atoms with E-state index in [-0.39, 0.29) is 0 Å². The van der Waals surface area contributed by atoms with E-state index in [9.17, 15) is 0 Å². The van der Waals surface area contributed by atoms with E-state index in [4.69, 9.17) is 0 Å². The lowest BCUT2D eigenvalue weighted by Crippen LogP contribution is -1.88. The minimum atomic E-state index is 1.28. The summed E-state index contributed by atoms with van der Waals surface area (Å²) in [6, 6.07) is 4.32. The van der Waals surface area contributed by atoms with Crippen LogP contribution in [0, 0.1) is 13.8 Å². The van der Waals surface area contributed by atoms with Gasteiger partial charge < -0.3 is 0 Å². The minimum absolute atomic E-state index is 1.28. The van der Waals surface area contributed by atoms with Gasteiger partial charge in [0.2, 0.25) is 0 Å². The van der Waals surface area contributed by atoms with E-state index in [0.717, 1.165) is 0 Å². The van der Waals surface area contributed by atoms with Crippen molar-refractivity contribution in [3.05, 3.63) is 35.4 Å². The summed E-state index contributed by atoms with van der Waals surface area (Å²) < 4.78 is 0. The molecule has 0 aliphatic rings. The van der Waals surface area contributed by atoms with Gasteiger partial charge in [-0.3, -0.25) is 0 Å². The highest BCUT2D eigenvalue weighted by Crippen LogP contribution is 2.26. The predicted octanol–water partition coefficient (Wildman–Crippen LogP) is 3.67. The molecule has 0 amide bonds. The molecule has 0 atom stereocenters. The Morgan fingerprint density at radius 2 is 2.00 bits per heavy atom. The van der Waals surface area contributed by atoms with Crippen molar-refractivity contribution in [1.82, 2.24) is 0 Å². The number of benzene rings is 1. The van der Waals surface area contributed by atoms with Gasteiger partial charge in [0.15, 0.2) is 0 Å². The smallest absolute Gasteiger partial charge is 0.0144 e. The van der Waals surface area contributed by atoms with Crippen LogP contribution in [0.15, 0.2) is 23.6 Å². The van der Waals surface area contributed by atoms with Gasteiger partial charge in [-0.05, 0) is 42.9 Å². The van der Waals surface area contributed by atoms with Gasteiger partial charge in [-0.2, -0.15) is 0 Å². The number of hydrogen-bond acceptors (Lipinski definition) is 1. The first-order chi connectivity index (χ1) is 5.70. The first kappa shape index (κ1) is 9.40. The summed E-state index contributed by atoms with van der Waals surface area (Å²) in [5, 5.41) is 0. The molecule has 0 aliphatic carbocycles. The molecule has 0 fully saturated rings. The van der Waals surface area contributed by atoms with Crippen LogP contribution in [0.4, 0.5) is 0 Å². The molecule has 1 aromatic rings. The predicted molar refractivity (Wildman–Crippen MR) is 57.8 cm³/mol. The Morgan fingerprint density at radius 1 is 1.33 bits per heavy atom. The van der Waals surface area contributed by atoms with E-state index in [1.54, 1.807) is 11.8 Å². The molecular formula is C11H14S. The van der Waals surface area contributed by atoms with Crippen molar-refractivity contribution in [2.45, 2.75) is 18.7 Å². The third kappa shape index (κ3) is 1.56. The second-order valence-corrected chi connectivity index (χ2v) is 3.68. The van der Waals surface area contributed by atoms with Gasteiger partial charge >= 0.3 is 0 Å².